The lowest BCUT2D eigenvalue weighted by Gasteiger charge is -2.17. The highest BCUT2D eigenvalue weighted by molar-refractivity contribution is 7.15. The number of carbonyl (C=O) groups excluding carboxylic acids is 1. The van der Waals surface area contributed by atoms with Crippen LogP contribution in [-0.2, 0) is 11.2 Å². The highest BCUT2D eigenvalue weighted by Crippen LogP contribution is 2.28. The van der Waals surface area contributed by atoms with Crippen molar-refractivity contribution in [1.29, 1.82) is 0 Å². The van der Waals surface area contributed by atoms with Crippen molar-refractivity contribution in [2.24, 2.45) is 0 Å². The average molecular weight is 430 g/mol. The van der Waals surface area contributed by atoms with Crippen LogP contribution in [0.25, 0.3) is 0 Å². The van der Waals surface area contributed by atoms with Crippen LogP contribution in [0.2, 0.25) is 0 Å². The second kappa shape index (κ2) is 9.32. The number of nitro benzene ring substituents is 1. The number of rotatable bonds is 7. The summed E-state index contributed by atoms with van der Waals surface area (Å²) in [4.78, 5) is 29.0. The maximum atomic E-state index is 13.2. The molecule has 0 saturated heterocycles. The van der Waals surface area contributed by atoms with Crippen molar-refractivity contribution >= 4 is 28.1 Å². The van der Waals surface area contributed by atoms with Crippen molar-refractivity contribution in [2.75, 3.05) is 5.32 Å². The van der Waals surface area contributed by atoms with Crippen LogP contribution in [0.1, 0.15) is 27.5 Å². The molecule has 0 aliphatic carbocycles. The summed E-state index contributed by atoms with van der Waals surface area (Å²) in [6.45, 7) is 0. The Balaban J connectivity index is 1.52. The van der Waals surface area contributed by atoms with Crippen molar-refractivity contribution < 1.29 is 9.72 Å². The van der Waals surface area contributed by atoms with Crippen molar-refractivity contribution in [1.82, 2.24) is 4.98 Å². The molecule has 0 saturated carbocycles. The smallest absolute Gasteiger partial charge is 0.269 e. The molecule has 0 unspecified atom stereocenters. The van der Waals surface area contributed by atoms with Gasteiger partial charge in [0.15, 0.2) is 5.13 Å². The number of thiazole rings is 1. The quantitative estimate of drug-likeness (QED) is 0.314. The minimum atomic E-state index is -0.452. The van der Waals surface area contributed by atoms with Gasteiger partial charge in [0.2, 0.25) is 5.91 Å². The van der Waals surface area contributed by atoms with Gasteiger partial charge in [-0.25, -0.2) is 4.98 Å². The second-order valence-corrected chi connectivity index (χ2v) is 8.09. The minimum Gasteiger partial charge on any atom is -0.301 e. The zero-order valence-corrected chi connectivity index (χ0v) is 17.3. The van der Waals surface area contributed by atoms with Crippen molar-refractivity contribution in [3.05, 3.63) is 123 Å². The maximum Gasteiger partial charge on any atom is 0.269 e. The number of amides is 1. The zero-order chi connectivity index (χ0) is 21.6. The molecule has 3 aromatic carbocycles. The topological polar surface area (TPSA) is 85.1 Å². The van der Waals surface area contributed by atoms with E-state index in [-0.39, 0.29) is 11.6 Å². The molecule has 0 atom stereocenters. The molecule has 1 amide bonds. The monoisotopic (exact) mass is 429 g/mol. The van der Waals surface area contributed by atoms with Crippen LogP contribution in [0.3, 0.4) is 0 Å². The van der Waals surface area contributed by atoms with Crippen LogP contribution in [0.4, 0.5) is 10.8 Å². The van der Waals surface area contributed by atoms with E-state index in [9.17, 15) is 14.9 Å². The summed E-state index contributed by atoms with van der Waals surface area (Å²) < 4.78 is 0. The van der Waals surface area contributed by atoms with Crippen LogP contribution < -0.4 is 5.32 Å². The number of hydrogen-bond acceptors (Lipinski definition) is 5. The van der Waals surface area contributed by atoms with Gasteiger partial charge in [0.05, 0.1) is 10.8 Å². The fourth-order valence-corrected chi connectivity index (χ4v) is 4.24. The Morgan fingerprint density at radius 3 is 2.23 bits per heavy atom. The molecule has 0 aliphatic heterocycles. The van der Waals surface area contributed by atoms with E-state index < -0.39 is 10.8 Å². The van der Waals surface area contributed by atoms with E-state index in [1.165, 1.54) is 17.4 Å². The number of non-ortho nitro benzene ring substituents is 1. The van der Waals surface area contributed by atoms with Gasteiger partial charge in [0, 0.05) is 29.6 Å². The number of aromatic nitrogens is 1. The van der Waals surface area contributed by atoms with Gasteiger partial charge in [-0.2, -0.15) is 0 Å². The summed E-state index contributed by atoms with van der Waals surface area (Å²) in [5.74, 6) is -0.611. The van der Waals surface area contributed by atoms with E-state index >= 15 is 0 Å². The summed E-state index contributed by atoms with van der Waals surface area (Å²) in [6, 6.07) is 25.8. The number of benzene rings is 3. The first-order valence-corrected chi connectivity index (χ1v) is 10.5. The number of nitrogens with one attached hydrogen (secondary N) is 1. The Kier molecular flexibility index (Phi) is 6.14. The predicted molar refractivity (Wildman–Crippen MR) is 121 cm³/mol. The molecule has 6 nitrogen and oxygen atoms in total. The first kappa shape index (κ1) is 20.4. The first-order chi connectivity index (χ1) is 15.1. The summed E-state index contributed by atoms with van der Waals surface area (Å²) in [6.07, 6.45) is 2.20. The molecule has 7 heteroatoms. The molecular weight excluding hydrogens is 410 g/mol. The molecular formula is C24H19N3O3S. The number of nitrogens with zero attached hydrogens (tertiary/aromatic N) is 2. The number of anilines is 1. The zero-order valence-electron chi connectivity index (χ0n) is 16.5. The van der Waals surface area contributed by atoms with Gasteiger partial charge in [-0.1, -0.05) is 72.8 Å². The summed E-state index contributed by atoms with van der Waals surface area (Å²) >= 11 is 1.37. The van der Waals surface area contributed by atoms with E-state index in [2.05, 4.69) is 10.3 Å². The molecule has 0 spiro atoms. The van der Waals surface area contributed by atoms with Crippen LogP contribution >= 0.6 is 11.3 Å². The third kappa shape index (κ3) is 5.02. The van der Waals surface area contributed by atoms with Gasteiger partial charge in [-0.05, 0) is 16.7 Å². The van der Waals surface area contributed by atoms with Crippen LogP contribution in [0.15, 0.2) is 91.1 Å². The minimum absolute atomic E-state index is 0.0594. The Hall–Kier alpha value is -3.84. The van der Waals surface area contributed by atoms with Gasteiger partial charge >= 0.3 is 0 Å². The summed E-state index contributed by atoms with van der Waals surface area (Å²) in [7, 11) is 0. The molecule has 1 aromatic heterocycles. The van der Waals surface area contributed by atoms with Gasteiger partial charge in [0.25, 0.3) is 5.69 Å². The lowest BCUT2D eigenvalue weighted by molar-refractivity contribution is -0.384. The number of carbonyl (C=O) groups is 1. The fraction of sp³-hybridized carbons (Fsp3) is 0.0833. The predicted octanol–water partition coefficient (Wildman–Crippen LogP) is 5.41. The number of hydrogen-bond donors (Lipinski definition) is 1. The number of nitro groups is 1. The van der Waals surface area contributed by atoms with E-state index in [1.54, 1.807) is 18.3 Å². The molecule has 1 heterocycles. The normalized spacial score (nSPS) is 10.7. The fourth-order valence-electron chi connectivity index (χ4n) is 3.39. The maximum absolute atomic E-state index is 13.2. The van der Waals surface area contributed by atoms with Crippen molar-refractivity contribution in [2.45, 2.75) is 12.3 Å². The van der Waals surface area contributed by atoms with Gasteiger partial charge in [-0.15, -0.1) is 11.3 Å². The Morgan fingerprint density at radius 2 is 1.61 bits per heavy atom. The van der Waals surface area contributed by atoms with Crippen LogP contribution in [0, 0.1) is 10.1 Å². The van der Waals surface area contributed by atoms with E-state index in [0.717, 1.165) is 21.6 Å². The van der Waals surface area contributed by atoms with Crippen molar-refractivity contribution in [3.63, 3.8) is 0 Å². The molecule has 0 aliphatic rings. The molecule has 0 fully saturated rings. The highest BCUT2D eigenvalue weighted by Gasteiger charge is 2.23. The molecule has 31 heavy (non-hydrogen) atoms. The average Bonchev–Trinajstić information content (AvgIpc) is 3.22. The molecule has 1 N–H and O–H groups in total. The summed E-state index contributed by atoms with van der Waals surface area (Å²) in [5, 5.41) is 14.4. The third-order valence-electron chi connectivity index (χ3n) is 4.81. The van der Waals surface area contributed by atoms with E-state index in [0.29, 0.717) is 11.6 Å². The summed E-state index contributed by atoms with van der Waals surface area (Å²) in [5.41, 5.74) is 2.69. The van der Waals surface area contributed by atoms with Gasteiger partial charge in [0.1, 0.15) is 0 Å². The van der Waals surface area contributed by atoms with E-state index in [4.69, 9.17) is 0 Å². The molecule has 0 bridgehead atoms. The van der Waals surface area contributed by atoms with Crippen molar-refractivity contribution in [3.8, 4) is 0 Å². The van der Waals surface area contributed by atoms with Crippen LogP contribution in [-0.4, -0.2) is 15.8 Å². The highest BCUT2D eigenvalue weighted by atomic mass is 32.1. The van der Waals surface area contributed by atoms with Gasteiger partial charge < -0.3 is 5.32 Å². The largest absolute Gasteiger partial charge is 0.301 e. The Morgan fingerprint density at radius 1 is 0.968 bits per heavy atom. The van der Waals surface area contributed by atoms with E-state index in [1.807, 2.05) is 66.7 Å². The lowest BCUT2D eigenvalue weighted by atomic mass is 9.90. The molecule has 4 aromatic rings. The molecule has 4 rings (SSSR count). The molecule has 0 radical (unpaired) electrons. The Bertz CT molecular complexity index is 1150. The third-order valence-corrected chi connectivity index (χ3v) is 5.72. The van der Waals surface area contributed by atoms with Crippen LogP contribution in [0.5, 0.6) is 0 Å². The first-order valence-electron chi connectivity index (χ1n) is 9.69. The standard InChI is InChI=1S/C24H19N3O3S/c28-23(22(18-9-3-1-4-10-18)19-11-5-2-6-12-19)26-24-25-16-21(31-24)15-17-8-7-13-20(14-17)27(29)30/h1-14,16,22H,15H2,(H,25,26,28). The Labute approximate surface area is 183 Å². The second-order valence-electron chi connectivity index (χ2n) is 6.98. The van der Waals surface area contributed by atoms with Gasteiger partial charge in [-0.3, -0.25) is 14.9 Å². The molecule has 154 valence electrons. The lowest BCUT2D eigenvalue weighted by Crippen LogP contribution is -2.22. The SMILES string of the molecule is O=C(Nc1ncc(Cc2cccc([N+](=O)[O-])c2)s1)C(c1ccccc1)c1ccccc1.